The van der Waals surface area contributed by atoms with Crippen molar-refractivity contribution in [1.29, 1.82) is 0 Å². The summed E-state index contributed by atoms with van der Waals surface area (Å²) in [7, 11) is 0. The summed E-state index contributed by atoms with van der Waals surface area (Å²) in [4.78, 5) is 11.2. The Kier molecular flexibility index (Phi) is 2.70. The number of hydrogen-bond acceptors (Lipinski definition) is 1. The molecule has 80 valence electrons. The molecule has 1 saturated carbocycles. The molecule has 0 unspecified atom stereocenters. The first kappa shape index (κ1) is 10.5. The van der Waals surface area contributed by atoms with Crippen molar-refractivity contribution in [1.82, 2.24) is 5.32 Å². The topological polar surface area (TPSA) is 29.1 Å². The predicted molar refractivity (Wildman–Crippen MR) is 61.1 cm³/mol. The number of carbonyl (C=O) groups excluding carboxylic acids is 1. The van der Waals surface area contributed by atoms with Crippen LogP contribution in [0.4, 0.5) is 0 Å². The van der Waals surface area contributed by atoms with Crippen LogP contribution in [0, 0.1) is 0 Å². The fraction of sp³-hybridized carbons (Fsp3) is 0.417. The third kappa shape index (κ3) is 2.15. The summed E-state index contributed by atoms with van der Waals surface area (Å²) in [6.45, 7) is 2.06. The lowest BCUT2D eigenvalue weighted by Crippen LogP contribution is -2.36. The SMILES string of the molecule is C[C@]1(NC(=O)CCl)C[C@@H]1c1ccccc1. The molecule has 1 aromatic carbocycles. The van der Waals surface area contributed by atoms with Crippen molar-refractivity contribution in [2.24, 2.45) is 0 Å². The van der Waals surface area contributed by atoms with Crippen LogP contribution in [0.2, 0.25) is 0 Å². The summed E-state index contributed by atoms with van der Waals surface area (Å²) in [6, 6.07) is 10.3. The molecule has 0 aromatic heterocycles. The van der Waals surface area contributed by atoms with Gasteiger partial charge in [-0.05, 0) is 18.9 Å². The second-order valence-corrected chi connectivity index (χ2v) is 4.53. The van der Waals surface area contributed by atoms with E-state index in [1.165, 1.54) is 5.56 Å². The minimum atomic E-state index is -0.0900. The molecule has 15 heavy (non-hydrogen) atoms. The molecule has 0 radical (unpaired) electrons. The summed E-state index contributed by atoms with van der Waals surface area (Å²) >= 11 is 5.47. The molecule has 0 aliphatic heterocycles. The van der Waals surface area contributed by atoms with E-state index < -0.39 is 0 Å². The van der Waals surface area contributed by atoms with Crippen LogP contribution in [0.1, 0.15) is 24.8 Å². The monoisotopic (exact) mass is 223 g/mol. The summed E-state index contributed by atoms with van der Waals surface area (Å²) in [5, 5.41) is 2.96. The van der Waals surface area contributed by atoms with E-state index in [1.54, 1.807) is 0 Å². The molecule has 2 atom stereocenters. The van der Waals surface area contributed by atoms with Gasteiger partial charge in [0, 0.05) is 11.5 Å². The lowest BCUT2D eigenvalue weighted by atomic mass is 10.1. The average Bonchev–Trinajstić information content (AvgIpc) is 2.91. The first-order chi connectivity index (χ1) is 7.15. The quantitative estimate of drug-likeness (QED) is 0.783. The highest BCUT2D eigenvalue weighted by molar-refractivity contribution is 6.27. The molecule has 1 N–H and O–H groups in total. The van der Waals surface area contributed by atoms with Gasteiger partial charge in [-0.25, -0.2) is 0 Å². The van der Waals surface area contributed by atoms with E-state index in [2.05, 4.69) is 24.4 Å². The van der Waals surface area contributed by atoms with Crippen molar-refractivity contribution >= 4 is 17.5 Å². The maximum absolute atomic E-state index is 11.2. The predicted octanol–water partition coefficient (Wildman–Crippen LogP) is 2.29. The van der Waals surface area contributed by atoms with Crippen molar-refractivity contribution in [3.8, 4) is 0 Å². The molecule has 0 bridgehead atoms. The number of benzene rings is 1. The molecular weight excluding hydrogens is 210 g/mol. The summed E-state index contributed by atoms with van der Waals surface area (Å²) < 4.78 is 0. The van der Waals surface area contributed by atoms with Crippen molar-refractivity contribution in [3.63, 3.8) is 0 Å². The van der Waals surface area contributed by atoms with Gasteiger partial charge in [0.15, 0.2) is 0 Å². The maximum Gasteiger partial charge on any atom is 0.235 e. The Morgan fingerprint density at radius 3 is 2.80 bits per heavy atom. The fourth-order valence-electron chi connectivity index (χ4n) is 2.03. The van der Waals surface area contributed by atoms with Gasteiger partial charge in [-0.1, -0.05) is 30.3 Å². The number of rotatable bonds is 3. The van der Waals surface area contributed by atoms with Gasteiger partial charge in [-0.3, -0.25) is 4.79 Å². The van der Waals surface area contributed by atoms with E-state index in [1.807, 2.05) is 18.2 Å². The molecule has 2 rings (SSSR count). The highest BCUT2D eigenvalue weighted by Gasteiger charge is 2.51. The van der Waals surface area contributed by atoms with Crippen LogP contribution in [0.25, 0.3) is 0 Å². The number of alkyl halides is 1. The molecule has 1 aliphatic carbocycles. The second-order valence-electron chi connectivity index (χ2n) is 4.27. The van der Waals surface area contributed by atoms with Gasteiger partial charge in [-0.15, -0.1) is 11.6 Å². The molecule has 1 aromatic rings. The number of halogens is 1. The lowest BCUT2D eigenvalue weighted by Gasteiger charge is -2.12. The van der Waals surface area contributed by atoms with Crippen LogP contribution in [-0.2, 0) is 4.79 Å². The van der Waals surface area contributed by atoms with Gasteiger partial charge in [0.1, 0.15) is 5.88 Å². The minimum absolute atomic E-state index is 0.0388. The van der Waals surface area contributed by atoms with Gasteiger partial charge in [0.05, 0.1) is 0 Å². The van der Waals surface area contributed by atoms with E-state index in [-0.39, 0.29) is 17.3 Å². The van der Waals surface area contributed by atoms with Crippen LogP contribution in [0.15, 0.2) is 30.3 Å². The van der Waals surface area contributed by atoms with Crippen molar-refractivity contribution in [2.45, 2.75) is 24.8 Å². The third-order valence-electron chi connectivity index (χ3n) is 2.99. The number of hydrogen-bond donors (Lipinski definition) is 1. The minimum Gasteiger partial charge on any atom is -0.349 e. The van der Waals surface area contributed by atoms with Crippen LogP contribution in [-0.4, -0.2) is 17.3 Å². The molecule has 1 aliphatic rings. The summed E-state index contributed by atoms with van der Waals surface area (Å²) in [5.41, 5.74) is 1.20. The van der Waals surface area contributed by atoms with Crippen LogP contribution < -0.4 is 5.32 Å². The van der Waals surface area contributed by atoms with Crippen molar-refractivity contribution in [3.05, 3.63) is 35.9 Å². The average molecular weight is 224 g/mol. The highest BCUT2D eigenvalue weighted by atomic mass is 35.5. The van der Waals surface area contributed by atoms with E-state index in [0.29, 0.717) is 5.92 Å². The van der Waals surface area contributed by atoms with Gasteiger partial charge >= 0.3 is 0 Å². The molecule has 3 heteroatoms. The smallest absolute Gasteiger partial charge is 0.235 e. The van der Waals surface area contributed by atoms with Crippen molar-refractivity contribution in [2.75, 3.05) is 5.88 Å². The first-order valence-electron chi connectivity index (χ1n) is 5.07. The zero-order valence-corrected chi connectivity index (χ0v) is 9.42. The Labute approximate surface area is 94.6 Å². The molecular formula is C12H14ClNO. The van der Waals surface area contributed by atoms with E-state index in [9.17, 15) is 4.79 Å². The Morgan fingerprint density at radius 2 is 2.20 bits per heavy atom. The number of nitrogens with one attached hydrogen (secondary N) is 1. The van der Waals surface area contributed by atoms with Gasteiger partial charge in [-0.2, -0.15) is 0 Å². The standard InChI is InChI=1S/C12H14ClNO/c1-12(14-11(15)8-13)7-10(12)9-5-3-2-4-6-9/h2-6,10H,7-8H2,1H3,(H,14,15)/t10-,12+/m1/s1. The van der Waals surface area contributed by atoms with E-state index >= 15 is 0 Å². The highest BCUT2D eigenvalue weighted by Crippen LogP contribution is 2.50. The van der Waals surface area contributed by atoms with Crippen molar-refractivity contribution < 1.29 is 4.79 Å². The number of carbonyl (C=O) groups is 1. The molecule has 1 amide bonds. The Balaban J connectivity index is 2.03. The molecule has 0 spiro atoms. The summed E-state index contributed by atoms with van der Waals surface area (Å²) in [6.07, 6.45) is 1.000. The zero-order valence-electron chi connectivity index (χ0n) is 8.66. The Hall–Kier alpha value is -1.02. The third-order valence-corrected chi connectivity index (χ3v) is 3.23. The molecule has 1 fully saturated rings. The molecule has 0 heterocycles. The summed E-state index contributed by atoms with van der Waals surface area (Å²) in [5.74, 6) is 0.389. The molecule has 2 nitrogen and oxygen atoms in total. The molecule has 0 saturated heterocycles. The van der Waals surface area contributed by atoms with Gasteiger partial charge < -0.3 is 5.32 Å². The lowest BCUT2D eigenvalue weighted by molar-refractivity contribution is -0.119. The van der Waals surface area contributed by atoms with Gasteiger partial charge in [0.25, 0.3) is 0 Å². The maximum atomic E-state index is 11.2. The van der Waals surface area contributed by atoms with Crippen LogP contribution >= 0.6 is 11.6 Å². The van der Waals surface area contributed by atoms with Crippen LogP contribution in [0.3, 0.4) is 0 Å². The second kappa shape index (κ2) is 3.86. The largest absolute Gasteiger partial charge is 0.349 e. The van der Waals surface area contributed by atoms with Gasteiger partial charge in [0.2, 0.25) is 5.91 Å². The zero-order chi connectivity index (χ0) is 10.9. The number of amides is 1. The Morgan fingerprint density at radius 1 is 1.53 bits per heavy atom. The van der Waals surface area contributed by atoms with E-state index in [4.69, 9.17) is 11.6 Å². The van der Waals surface area contributed by atoms with Crippen LogP contribution in [0.5, 0.6) is 0 Å². The Bertz CT molecular complexity index is 365. The normalized spacial score (nSPS) is 28.5. The first-order valence-corrected chi connectivity index (χ1v) is 5.61. The van der Waals surface area contributed by atoms with E-state index in [0.717, 1.165) is 6.42 Å². The fourth-order valence-corrected chi connectivity index (χ4v) is 2.09.